The summed E-state index contributed by atoms with van der Waals surface area (Å²) in [5, 5.41) is 0. The van der Waals surface area contributed by atoms with Crippen LogP contribution in [0.2, 0.25) is 0 Å². The van der Waals surface area contributed by atoms with E-state index in [0.717, 1.165) is 5.56 Å². The van der Waals surface area contributed by atoms with Crippen molar-refractivity contribution in [3.8, 4) is 0 Å². The molecule has 1 aromatic rings. The Labute approximate surface area is 106 Å². The topological polar surface area (TPSA) is 29.5 Å². The van der Waals surface area contributed by atoms with Gasteiger partial charge in [-0.15, -0.1) is 11.6 Å². The van der Waals surface area contributed by atoms with E-state index < -0.39 is 0 Å². The minimum Gasteiger partial charge on any atom is -0.377 e. The minimum absolute atomic E-state index is 0.0712. The van der Waals surface area contributed by atoms with Gasteiger partial charge in [0.2, 0.25) is 0 Å². The van der Waals surface area contributed by atoms with Crippen LogP contribution in [-0.2, 0) is 10.6 Å². The summed E-state index contributed by atoms with van der Waals surface area (Å²) >= 11 is 5.72. The number of ether oxygens (including phenoxy) is 1. The van der Waals surface area contributed by atoms with Gasteiger partial charge in [-0.3, -0.25) is 4.79 Å². The molecule has 1 aliphatic heterocycles. The second kappa shape index (κ2) is 5.52. The summed E-state index contributed by atoms with van der Waals surface area (Å²) in [6.45, 7) is 3.91. The van der Waals surface area contributed by atoms with Gasteiger partial charge >= 0.3 is 0 Å². The highest BCUT2D eigenvalue weighted by molar-refractivity contribution is 6.17. The number of nitrogens with zero attached hydrogens (tertiary/aromatic N) is 1. The van der Waals surface area contributed by atoms with Crippen LogP contribution in [0, 0.1) is 0 Å². The van der Waals surface area contributed by atoms with E-state index in [0.29, 0.717) is 31.2 Å². The van der Waals surface area contributed by atoms with Crippen molar-refractivity contribution in [2.75, 3.05) is 19.8 Å². The van der Waals surface area contributed by atoms with Gasteiger partial charge in [-0.1, -0.05) is 12.1 Å². The third-order valence-electron chi connectivity index (χ3n) is 2.98. The Morgan fingerprint density at radius 1 is 1.47 bits per heavy atom. The highest BCUT2D eigenvalue weighted by Gasteiger charge is 2.24. The number of hydrogen-bond donors (Lipinski definition) is 0. The lowest BCUT2D eigenvalue weighted by molar-refractivity contribution is 0.00359. The number of halogens is 1. The van der Waals surface area contributed by atoms with E-state index in [1.165, 1.54) is 0 Å². The van der Waals surface area contributed by atoms with Gasteiger partial charge in [0.05, 0.1) is 19.3 Å². The summed E-state index contributed by atoms with van der Waals surface area (Å²) in [5.41, 5.74) is 1.74. The normalized spacial score (nSPS) is 20.4. The zero-order chi connectivity index (χ0) is 12.3. The van der Waals surface area contributed by atoms with E-state index in [9.17, 15) is 4.79 Å². The molecular weight excluding hydrogens is 238 g/mol. The van der Waals surface area contributed by atoms with Crippen LogP contribution < -0.4 is 0 Å². The van der Waals surface area contributed by atoms with Crippen molar-refractivity contribution < 1.29 is 9.53 Å². The fraction of sp³-hybridized carbons (Fsp3) is 0.462. The van der Waals surface area contributed by atoms with Crippen molar-refractivity contribution in [1.29, 1.82) is 0 Å². The monoisotopic (exact) mass is 253 g/mol. The second-order valence-electron chi connectivity index (χ2n) is 4.25. The van der Waals surface area contributed by atoms with E-state index in [1.54, 1.807) is 0 Å². The molecule has 0 radical (unpaired) electrons. The standard InChI is InChI=1S/C13H16ClNO2/c1-10-9-17-7-6-15(10)13(16)12-4-2-11(8-14)3-5-12/h2-5,10H,6-9H2,1H3/t10-/m1/s1. The Morgan fingerprint density at radius 2 is 2.18 bits per heavy atom. The lowest BCUT2D eigenvalue weighted by Gasteiger charge is -2.33. The molecule has 3 nitrogen and oxygen atoms in total. The van der Waals surface area contributed by atoms with Gasteiger partial charge < -0.3 is 9.64 Å². The third-order valence-corrected chi connectivity index (χ3v) is 3.29. The quantitative estimate of drug-likeness (QED) is 0.757. The molecule has 92 valence electrons. The fourth-order valence-corrected chi connectivity index (χ4v) is 2.11. The smallest absolute Gasteiger partial charge is 0.254 e. The first-order valence-corrected chi connectivity index (χ1v) is 6.29. The lowest BCUT2D eigenvalue weighted by atomic mass is 10.1. The molecule has 2 rings (SSSR count). The van der Waals surface area contributed by atoms with Crippen LogP contribution in [0.25, 0.3) is 0 Å². The number of benzene rings is 1. The van der Waals surface area contributed by atoms with Gasteiger partial charge in [0.25, 0.3) is 5.91 Å². The maximum Gasteiger partial charge on any atom is 0.254 e. The summed E-state index contributed by atoms with van der Waals surface area (Å²) in [6, 6.07) is 7.60. The van der Waals surface area contributed by atoms with Crippen LogP contribution in [0.3, 0.4) is 0 Å². The Bertz CT molecular complexity index is 391. The van der Waals surface area contributed by atoms with Crippen LogP contribution in [0.4, 0.5) is 0 Å². The predicted octanol–water partition coefficient (Wildman–Crippen LogP) is 2.29. The molecule has 0 aliphatic carbocycles. The van der Waals surface area contributed by atoms with Gasteiger partial charge in [0.15, 0.2) is 0 Å². The van der Waals surface area contributed by atoms with Crippen molar-refractivity contribution in [2.45, 2.75) is 18.8 Å². The molecule has 1 amide bonds. The number of morpholine rings is 1. The van der Waals surface area contributed by atoms with Crippen molar-refractivity contribution >= 4 is 17.5 Å². The lowest BCUT2D eigenvalue weighted by Crippen LogP contribution is -2.47. The van der Waals surface area contributed by atoms with Crippen molar-refractivity contribution in [3.05, 3.63) is 35.4 Å². The molecule has 1 atom stereocenters. The largest absolute Gasteiger partial charge is 0.377 e. The molecular formula is C13H16ClNO2. The number of rotatable bonds is 2. The highest BCUT2D eigenvalue weighted by Crippen LogP contribution is 2.13. The summed E-state index contributed by atoms with van der Waals surface area (Å²) in [5.74, 6) is 0.546. The maximum absolute atomic E-state index is 12.2. The molecule has 1 aromatic carbocycles. The maximum atomic E-state index is 12.2. The average molecular weight is 254 g/mol. The summed E-state index contributed by atoms with van der Waals surface area (Å²) in [4.78, 5) is 14.1. The zero-order valence-corrected chi connectivity index (χ0v) is 10.6. The van der Waals surface area contributed by atoms with E-state index in [-0.39, 0.29) is 11.9 Å². The van der Waals surface area contributed by atoms with Crippen LogP contribution in [0.1, 0.15) is 22.8 Å². The number of carbonyl (C=O) groups excluding carboxylic acids is 1. The first-order chi connectivity index (χ1) is 8.22. The molecule has 1 saturated heterocycles. The van der Waals surface area contributed by atoms with Crippen LogP contribution in [0.15, 0.2) is 24.3 Å². The molecule has 1 heterocycles. The second-order valence-corrected chi connectivity index (χ2v) is 4.52. The Morgan fingerprint density at radius 3 is 2.76 bits per heavy atom. The first-order valence-electron chi connectivity index (χ1n) is 5.76. The number of hydrogen-bond acceptors (Lipinski definition) is 2. The number of alkyl halides is 1. The summed E-state index contributed by atoms with van der Waals surface area (Å²) < 4.78 is 5.32. The average Bonchev–Trinajstić information content (AvgIpc) is 2.39. The molecule has 4 heteroatoms. The molecule has 1 aliphatic rings. The van der Waals surface area contributed by atoms with Gasteiger partial charge in [-0.05, 0) is 24.6 Å². The number of carbonyl (C=O) groups is 1. The fourth-order valence-electron chi connectivity index (χ4n) is 1.93. The van der Waals surface area contributed by atoms with Crippen LogP contribution in [-0.4, -0.2) is 36.6 Å². The summed E-state index contributed by atoms with van der Waals surface area (Å²) in [7, 11) is 0. The third kappa shape index (κ3) is 2.79. The highest BCUT2D eigenvalue weighted by atomic mass is 35.5. The van der Waals surface area contributed by atoms with Gasteiger partial charge in [0.1, 0.15) is 0 Å². The van der Waals surface area contributed by atoms with Gasteiger partial charge in [-0.25, -0.2) is 0 Å². The van der Waals surface area contributed by atoms with Crippen LogP contribution >= 0.6 is 11.6 Å². The molecule has 17 heavy (non-hydrogen) atoms. The van der Waals surface area contributed by atoms with E-state index in [4.69, 9.17) is 16.3 Å². The summed E-state index contributed by atoms with van der Waals surface area (Å²) in [6.07, 6.45) is 0. The molecule has 1 fully saturated rings. The Kier molecular flexibility index (Phi) is 4.02. The Balaban J connectivity index is 2.12. The number of amides is 1. The van der Waals surface area contributed by atoms with Gasteiger partial charge in [0, 0.05) is 18.0 Å². The molecule has 0 spiro atoms. The van der Waals surface area contributed by atoms with Gasteiger partial charge in [-0.2, -0.15) is 0 Å². The van der Waals surface area contributed by atoms with Crippen LogP contribution in [0.5, 0.6) is 0 Å². The van der Waals surface area contributed by atoms with E-state index >= 15 is 0 Å². The zero-order valence-electron chi connectivity index (χ0n) is 9.86. The van der Waals surface area contributed by atoms with Crippen molar-refractivity contribution in [3.63, 3.8) is 0 Å². The van der Waals surface area contributed by atoms with E-state index in [2.05, 4.69) is 0 Å². The van der Waals surface area contributed by atoms with Crippen molar-refractivity contribution in [2.24, 2.45) is 0 Å². The predicted molar refractivity (Wildman–Crippen MR) is 67.3 cm³/mol. The minimum atomic E-state index is 0.0712. The Hall–Kier alpha value is -1.06. The van der Waals surface area contributed by atoms with E-state index in [1.807, 2.05) is 36.1 Å². The molecule has 0 bridgehead atoms. The first kappa shape index (κ1) is 12.4. The molecule has 0 aromatic heterocycles. The van der Waals surface area contributed by atoms with Crippen molar-refractivity contribution in [1.82, 2.24) is 4.90 Å². The SMILES string of the molecule is C[C@@H]1COCCN1C(=O)c1ccc(CCl)cc1. The molecule has 0 N–H and O–H groups in total. The molecule has 0 unspecified atom stereocenters. The molecule has 0 saturated carbocycles.